The maximum atomic E-state index is 12.8. The number of rotatable bonds is 5. The van der Waals surface area contributed by atoms with Crippen molar-refractivity contribution in [1.29, 1.82) is 0 Å². The fourth-order valence-electron chi connectivity index (χ4n) is 2.74. The van der Waals surface area contributed by atoms with Crippen molar-refractivity contribution in [3.8, 4) is 0 Å². The van der Waals surface area contributed by atoms with Gasteiger partial charge in [-0.3, -0.25) is 0 Å². The van der Waals surface area contributed by atoms with Crippen molar-refractivity contribution in [2.24, 2.45) is 0 Å². The predicted molar refractivity (Wildman–Crippen MR) is 86.4 cm³/mol. The maximum Gasteiger partial charge on any atom is 0.244 e. The topological polar surface area (TPSA) is 49.4 Å². The molecule has 7 heteroatoms. The first kappa shape index (κ1) is 17.0. The molecule has 0 spiro atoms. The Kier molecular flexibility index (Phi) is 5.54. The second-order valence-electron chi connectivity index (χ2n) is 5.37. The summed E-state index contributed by atoms with van der Waals surface area (Å²) in [6.45, 7) is 0.467. The number of benzene rings is 1. The van der Waals surface area contributed by atoms with E-state index >= 15 is 0 Å². The summed E-state index contributed by atoms with van der Waals surface area (Å²) in [4.78, 5) is 0.0938. The number of hydrogen-bond donors (Lipinski definition) is 1. The molecule has 118 valence electrons. The first-order chi connectivity index (χ1) is 9.87. The fourth-order valence-corrected chi connectivity index (χ4v) is 5.07. The smallest absolute Gasteiger partial charge is 0.244 e. The van der Waals surface area contributed by atoms with Gasteiger partial charge in [0.15, 0.2) is 0 Å². The Morgan fingerprint density at radius 2 is 1.90 bits per heavy atom. The van der Waals surface area contributed by atoms with Crippen molar-refractivity contribution < 1.29 is 8.42 Å². The van der Waals surface area contributed by atoms with Gasteiger partial charge in [-0.05, 0) is 37.6 Å². The Balaban J connectivity index is 2.43. The van der Waals surface area contributed by atoms with Gasteiger partial charge in [-0.2, -0.15) is 4.31 Å². The zero-order valence-electron chi connectivity index (χ0n) is 12.2. The Bertz CT molecular complexity index is 614. The average Bonchev–Trinajstić information content (AvgIpc) is 2.95. The van der Waals surface area contributed by atoms with E-state index in [9.17, 15) is 8.42 Å². The van der Waals surface area contributed by atoms with Crippen molar-refractivity contribution in [3.63, 3.8) is 0 Å². The maximum absolute atomic E-state index is 12.8. The Labute approximate surface area is 136 Å². The first-order valence-electron chi connectivity index (χ1n) is 6.98. The van der Waals surface area contributed by atoms with Crippen LogP contribution >= 0.6 is 23.2 Å². The normalized spacial score (nSPS) is 16.8. The van der Waals surface area contributed by atoms with Crippen LogP contribution in [-0.4, -0.2) is 32.9 Å². The van der Waals surface area contributed by atoms with E-state index in [1.807, 2.05) is 0 Å². The monoisotopic (exact) mass is 350 g/mol. The zero-order valence-corrected chi connectivity index (χ0v) is 14.5. The molecular formula is C14H20Cl2N2O2S. The third kappa shape index (κ3) is 3.54. The summed E-state index contributed by atoms with van der Waals surface area (Å²) in [6.07, 6.45) is 3.94. The van der Waals surface area contributed by atoms with Gasteiger partial charge in [0.25, 0.3) is 0 Å². The summed E-state index contributed by atoms with van der Waals surface area (Å²) in [5, 5.41) is 3.59. The number of nitrogens with zero attached hydrogens (tertiary/aromatic N) is 1. The number of nitrogens with one attached hydrogen (secondary N) is 1. The van der Waals surface area contributed by atoms with Gasteiger partial charge in [-0.25, -0.2) is 8.42 Å². The highest BCUT2D eigenvalue weighted by molar-refractivity contribution is 7.89. The molecule has 1 fully saturated rings. The lowest BCUT2D eigenvalue weighted by atomic mass is 10.2. The molecule has 0 aromatic heterocycles. The molecule has 1 aromatic rings. The Morgan fingerprint density at radius 3 is 2.48 bits per heavy atom. The summed E-state index contributed by atoms with van der Waals surface area (Å²) in [7, 11) is -0.228. The molecular weight excluding hydrogens is 331 g/mol. The van der Waals surface area contributed by atoms with E-state index in [1.54, 1.807) is 20.2 Å². The highest BCUT2D eigenvalue weighted by atomic mass is 35.5. The van der Waals surface area contributed by atoms with E-state index < -0.39 is 10.0 Å². The van der Waals surface area contributed by atoms with Crippen LogP contribution < -0.4 is 5.32 Å². The van der Waals surface area contributed by atoms with Crippen molar-refractivity contribution >= 4 is 33.2 Å². The van der Waals surface area contributed by atoms with Gasteiger partial charge in [0.05, 0.1) is 5.02 Å². The molecule has 0 radical (unpaired) electrons. The molecule has 0 aliphatic heterocycles. The molecule has 4 nitrogen and oxygen atoms in total. The summed E-state index contributed by atoms with van der Waals surface area (Å²) < 4.78 is 27.1. The average molecular weight is 351 g/mol. The molecule has 2 rings (SSSR count). The van der Waals surface area contributed by atoms with Crippen LogP contribution in [0.15, 0.2) is 17.0 Å². The SMILES string of the molecule is CNCc1cc(Cl)cc(S(=O)(=O)N(C)C2CCCC2)c1Cl. The van der Waals surface area contributed by atoms with Crippen LogP contribution in [-0.2, 0) is 16.6 Å². The minimum atomic E-state index is -3.63. The van der Waals surface area contributed by atoms with Gasteiger partial charge in [0.1, 0.15) is 4.90 Å². The van der Waals surface area contributed by atoms with Crippen molar-refractivity contribution in [2.75, 3.05) is 14.1 Å². The molecule has 1 aliphatic rings. The predicted octanol–water partition coefficient (Wildman–Crippen LogP) is 3.28. The van der Waals surface area contributed by atoms with Gasteiger partial charge in [-0.1, -0.05) is 36.0 Å². The lowest BCUT2D eigenvalue weighted by Gasteiger charge is -2.24. The molecule has 0 heterocycles. The highest BCUT2D eigenvalue weighted by Gasteiger charge is 2.32. The van der Waals surface area contributed by atoms with E-state index in [-0.39, 0.29) is 16.0 Å². The summed E-state index contributed by atoms with van der Waals surface area (Å²) in [5.74, 6) is 0. The highest BCUT2D eigenvalue weighted by Crippen LogP contribution is 2.34. The van der Waals surface area contributed by atoms with Crippen molar-refractivity contribution in [2.45, 2.75) is 43.2 Å². The fraction of sp³-hybridized carbons (Fsp3) is 0.571. The molecule has 0 atom stereocenters. The molecule has 1 aromatic carbocycles. The minimum absolute atomic E-state index is 0.0535. The standard InChI is InChI=1S/C14H20Cl2N2O2S/c1-17-9-10-7-11(15)8-13(14(10)16)21(19,20)18(2)12-5-3-4-6-12/h7-8,12,17H,3-6,9H2,1-2H3. The largest absolute Gasteiger partial charge is 0.316 e. The van der Waals surface area contributed by atoms with E-state index in [2.05, 4.69) is 5.32 Å². The van der Waals surface area contributed by atoms with Gasteiger partial charge < -0.3 is 5.32 Å². The van der Waals surface area contributed by atoms with E-state index in [1.165, 1.54) is 10.4 Å². The van der Waals surface area contributed by atoms with Crippen LogP contribution in [0.5, 0.6) is 0 Å². The van der Waals surface area contributed by atoms with Gasteiger partial charge >= 0.3 is 0 Å². The van der Waals surface area contributed by atoms with Crippen LogP contribution in [0.2, 0.25) is 10.0 Å². The third-order valence-electron chi connectivity index (χ3n) is 3.94. The van der Waals surface area contributed by atoms with Crippen LogP contribution in [0.4, 0.5) is 0 Å². The number of sulfonamides is 1. The van der Waals surface area contributed by atoms with Crippen LogP contribution in [0.3, 0.4) is 0 Å². The van der Waals surface area contributed by atoms with Crippen LogP contribution in [0.1, 0.15) is 31.2 Å². The molecule has 0 bridgehead atoms. The lowest BCUT2D eigenvalue weighted by molar-refractivity contribution is 0.373. The number of halogens is 2. The number of hydrogen-bond acceptors (Lipinski definition) is 3. The van der Waals surface area contributed by atoms with Crippen molar-refractivity contribution in [3.05, 3.63) is 27.7 Å². The third-order valence-corrected chi connectivity index (χ3v) is 6.65. The molecule has 0 saturated heterocycles. The summed E-state index contributed by atoms with van der Waals surface area (Å²) in [6, 6.07) is 3.18. The minimum Gasteiger partial charge on any atom is -0.316 e. The summed E-state index contributed by atoms with van der Waals surface area (Å²) >= 11 is 12.3. The van der Waals surface area contributed by atoms with Gasteiger partial charge in [-0.15, -0.1) is 0 Å². The second kappa shape index (κ2) is 6.84. The van der Waals surface area contributed by atoms with E-state index in [4.69, 9.17) is 23.2 Å². The van der Waals surface area contributed by atoms with Crippen LogP contribution in [0, 0.1) is 0 Å². The molecule has 1 N–H and O–H groups in total. The molecule has 1 aliphatic carbocycles. The first-order valence-corrected chi connectivity index (χ1v) is 9.18. The molecule has 0 amide bonds. The van der Waals surface area contributed by atoms with E-state index in [0.29, 0.717) is 17.1 Å². The molecule has 0 unspecified atom stereocenters. The Hall–Kier alpha value is -0.330. The Morgan fingerprint density at radius 1 is 1.29 bits per heavy atom. The lowest BCUT2D eigenvalue weighted by Crippen LogP contribution is -2.35. The van der Waals surface area contributed by atoms with Gasteiger partial charge in [0.2, 0.25) is 10.0 Å². The van der Waals surface area contributed by atoms with Crippen molar-refractivity contribution in [1.82, 2.24) is 9.62 Å². The van der Waals surface area contributed by atoms with E-state index in [0.717, 1.165) is 25.7 Å². The van der Waals surface area contributed by atoms with Crippen LogP contribution in [0.25, 0.3) is 0 Å². The molecule has 1 saturated carbocycles. The molecule has 21 heavy (non-hydrogen) atoms. The van der Waals surface area contributed by atoms with Gasteiger partial charge in [0, 0.05) is 24.7 Å². The second-order valence-corrected chi connectivity index (χ2v) is 8.15. The quantitative estimate of drug-likeness (QED) is 0.886. The summed E-state index contributed by atoms with van der Waals surface area (Å²) in [5.41, 5.74) is 0.685. The zero-order chi connectivity index (χ0) is 15.6.